The summed E-state index contributed by atoms with van der Waals surface area (Å²) < 4.78 is 37.7. The summed E-state index contributed by atoms with van der Waals surface area (Å²) in [6.45, 7) is 4.67. The van der Waals surface area contributed by atoms with E-state index in [1.165, 1.54) is 0 Å². The van der Waals surface area contributed by atoms with E-state index in [2.05, 4.69) is 9.80 Å². The summed E-state index contributed by atoms with van der Waals surface area (Å²) in [7, 11) is 0. The van der Waals surface area contributed by atoms with Crippen LogP contribution in [-0.2, 0) is 17.7 Å². The highest BCUT2D eigenvalue weighted by Gasteiger charge is 2.29. The SMILES string of the molecule is [O]c1ccc(N2CCN(CCCc3ccc(C(F)(F)F)cc3)CC2)cc1. The molecule has 0 aliphatic carbocycles. The van der Waals surface area contributed by atoms with Crippen LogP contribution in [0.4, 0.5) is 18.9 Å². The van der Waals surface area contributed by atoms with Gasteiger partial charge in [-0.15, -0.1) is 0 Å². The van der Waals surface area contributed by atoms with E-state index in [4.69, 9.17) is 0 Å². The van der Waals surface area contributed by atoms with Crippen LogP contribution in [0.2, 0.25) is 0 Å². The standard InChI is InChI=1S/C20H22F3N2O/c21-20(22,23)17-5-3-16(4-6-17)2-1-11-24-12-14-25(15-13-24)18-7-9-19(26)10-8-18/h3-10H,1-2,11-15H2. The number of aryl methyl sites for hydroxylation is 1. The van der Waals surface area contributed by atoms with E-state index < -0.39 is 11.7 Å². The lowest BCUT2D eigenvalue weighted by molar-refractivity contribution is -0.137. The summed E-state index contributed by atoms with van der Waals surface area (Å²) in [6.07, 6.45) is -2.56. The topological polar surface area (TPSA) is 26.4 Å². The van der Waals surface area contributed by atoms with Gasteiger partial charge in [-0.05, 0) is 61.3 Å². The minimum Gasteiger partial charge on any atom is -0.369 e. The fourth-order valence-corrected chi connectivity index (χ4v) is 3.25. The minimum absolute atomic E-state index is 0.0238. The van der Waals surface area contributed by atoms with Gasteiger partial charge in [0, 0.05) is 31.9 Å². The van der Waals surface area contributed by atoms with Crippen molar-refractivity contribution in [3.8, 4) is 5.75 Å². The Morgan fingerprint density at radius 1 is 0.846 bits per heavy atom. The molecule has 0 amide bonds. The van der Waals surface area contributed by atoms with Crippen molar-refractivity contribution in [2.45, 2.75) is 19.0 Å². The molecule has 3 rings (SSSR count). The van der Waals surface area contributed by atoms with Crippen molar-refractivity contribution in [3.05, 3.63) is 59.7 Å². The maximum absolute atomic E-state index is 12.6. The second-order valence-electron chi connectivity index (χ2n) is 6.62. The molecule has 6 heteroatoms. The quantitative estimate of drug-likeness (QED) is 0.776. The highest BCUT2D eigenvalue weighted by atomic mass is 19.4. The predicted molar refractivity (Wildman–Crippen MR) is 95.0 cm³/mol. The number of hydrogen-bond acceptors (Lipinski definition) is 2. The highest BCUT2D eigenvalue weighted by Crippen LogP contribution is 2.29. The molecule has 0 spiro atoms. The molecule has 0 atom stereocenters. The summed E-state index contributed by atoms with van der Waals surface area (Å²) in [5, 5.41) is 11.2. The molecule has 1 radical (unpaired) electrons. The molecule has 2 aromatic rings. The average Bonchev–Trinajstić information content (AvgIpc) is 2.63. The van der Waals surface area contributed by atoms with Crippen molar-refractivity contribution in [3.63, 3.8) is 0 Å². The smallest absolute Gasteiger partial charge is 0.369 e. The van der Waals surface area contributed by atoms with Crippen LogP contribution < -0.4 is 4.90 Å². The third kappa shape index (κ3) is 4.91. The molecule has 139 valence electrons. The second-order valence-corrected chi connectivity index (χ2v) is 6.62. The van der Waals surface area contributed by atoms with Crippen LogP contribution in [0.3, 0.4) is 0 Å². The lowest BCUT2D eigenvalue weighted by Crippen LogP contribution is -2.46. The first-order valence-electron chi connectivity index (χ1n) is 8.82. The van der Waals surface area contributed by atoms with Crippen LogP contribution >= 0.6 is 0 Å². The van der Waals surface area contributed by atoms with E-state index >= 15 is 0 Å². The molecule has 0 bridgehead atoms. The number of anilines is 1. The van der Waals surface area contributed by atoms with Gasteiger partial charge in [-0.1, -0.05) is 12.1 Å². The van der Waals surface area contributed by atoms with Crippen LogP contribution in [0.15, 0.2) is 48.5 Å². The Balaban J connectivity index is 1.40. The zero-order chi connectivity index (χ0) is 18.6. The van der Waals surface area contributed by atoms with Gasteiger partial charge in [0.15, 0.2) is 5.75 Å². The zero-order valence-electron chi connectivity index (χ0n) is 14.5. The van der Waals surface area contributed by atoms with Crippen molar-refractivity contribution in [2.75, 3.05) is 37.6 Å². The van der Waals surface area contributed by atoms with Crippen LogP contribution in [0.1, 0.15) is 17.5 Å². The molecular weight excluding hydrogens is 341 g/mol. The number of alkyl halides is 3. The first-order valence-corrected chi connectivity index (χ1v) is 8.82. The largest absolute Gasteiger partial charge is 0.416 e. The van der Waals surface area contributed by atoms with Crippen LogP contribution in [0.25, 0.3) is 0 Å². The van der Waals surface area contributed by atoms with Crippen LogP contribution in [0.5, 0.6) is 5.75 Å². The molecule has 26 heavy (non-hydrogen) atoms. The highest BCUT2D eigenvalue weighted by molar-refractivity contribution is 5.49. The van der Waals surface area contributed by atoms with E-state index in [1.807, 2.05) is 12.1 Å². The fraction of sp³-hybridized carbons (Fsp3) is 0.400. The lowest BCUT2D eigenvalue weighted by Gasteiger charge is -2.36. The van der Waals surface area contributed by atoms with Gasteiger partial charge in [0.05, 0.1) is 5.56 Å². The number of nitrogens with zero attached hydrogens (tertiary/aromatic N) is 2. The van der Waals surface area contributed by atoms with Gasteiger partial charge in [-0.2, -0.15) is 13.2 Å². The molecule has 1 aliphatic rings. The Morgan fingerprint density at radius 3 is 2.04 bits per heavy atom. The van der Waals surface area contributed by atoms with E-state index in [1.54, 1.807) is 24.3 Å². The maximum Gasteiger partial charge on any atom is 0.416 e. The molecule has 0 saturated carbocycles. The lowest BCUT2D eigenvalue weighted by atomic mass is 10.1. The van der Waals surface area contributed by atoms with Gasteiger partial charge in [0.1, 0.15) is 0 Å². The first kappa shape index (κ1) is 18.6. The zero-order valence-corrected chi connectivity index (χ0v) is 14.5. The van der Waals surface area contributed by atoms with E-state index in [0.29, 0.717) is 0 Å². The Bertz CT molecular complexity index is 690. The molecule has 1 heterocycles. The fourth-order valence-electron chi connectivity index (χ4n) is 3.25. The minimum atomic E-state index is -4.27. The number of hydrogen-bond donors (Lipinski definition) is 0. The van der Waals surface area contributed by atoms with E-state index in [9.17, 15) is 18.3 Å². The molecule has 1 aliphatic heterocycles. The molecule has 0 unspecified atom stereocenters. The summed E-state index contributed by atoms with van der Waals surface area (Å²) in [4.78, 5) is 4.65. The molecular formula is C20H22F3N2O. The Hall–Kier alpha value is -2.21. The van der Waals surface area contributed by atoms with Gasteiger partial charge in [-0.3, -0.25) is 10.0 Å². The number of rotatable bonds is 5. The second kappa shape index (κ2) is 7.99. The number of piperazine rings is 1. The third-order valence-electron chi connectivity index (χ3n) is 4.80. The van der Waals surface area contributed by atoms with Crippen molar-refractivity contribution < 1.29 is 18.3 Å². The molecule has 0 aromatic heterocycles. The molecule has 1 saturated heterocycles. The van der Waals surface area contributed by atoms with Crippen molar-refractivity contribution in [1.29, 1.82) is 0 Å². The predicted octanol–water partition coefficient (Wildman–Crippen LogP) is 4.60. The average molecular weight is 363 g/mol. The monoisotopic (exact) mass is 363 g/mol. The van der Waals surface area contributed by atoms with E-state index in [-0.39, 0.29) is 5.75 Å². The summed E-state index contributed by atoms with van der Waals surface area (Å²) in [5.74, 6) is 0.0238. The molecule has 1 fully saturated rings. The first-order chi connectivity index (χ1) is 12.4. The number of benzene rings is 2. The van der Waals surface area contributed by atoms with Gasteiger partial charge in [0.25, 0.3) is 0 Å². The molecule has 0 N–H and O–H groups in total. The summed E-state index contributed by atoms with van der Waals surface area (Å²) in [6, 6.07) is 12.4. The summed E-state index contributed by atoms with van der Waals surface area (Å²) >= 11 is 0. The third-order valence-corrected chi connectivity index (χ3v) is 4.80. The summed E-state index contributed by atoms with van der Waals surface area (Å²) in [5.41, 5.74) is 1.42. The normalized spacial score (nSPS) is 16.0. The van der Waals surface area contributed by atoms with Crippen LogP contribution in [0, 0.1) is 0 Å². The van der Waals surface area contributed by atoms with Gasteiger partial charge in [0.2, 0.25) is 0 Å². The Kier molecular flexibility index (Phi) is 5.71. The molecule has 3 nitrogen and oxygen atoms in total. The molecule has 2 aromatic carbocycles. The van der Waals surface area contributed by atoms with Crippen molar-refractivity contribution in [2.24, 2.45) is 0 Å². The van der Waals surface area contributed by atoms with Gasteiger partial charge in [-0.25, -0.2) is 0 Å². The van der Waals surface area contributed by atoms with Gasteiger partial charge < -0.3 is 4.90 Å². The van der Waals surface area contributed by atoms with Crippen molar-refractivity contribution >= 4 is 5.69 Å². The Labute approximate surface area is 151 Å². The van der Waals surface area contributed by atoms with Crippen molar-refractivity contribution in [1.82, 2.24) is 4.90 Å². The maximum atomic E-state index is 12.6. The van der Waals surface area contributed by atoms with E-state index in [0.717, 1.165) is 68.9 Å². The van der Waals surface area contributed by atoms with Gasteiger partial charge >= 0.3 is 6.18 Å². The van der Waals surface area contributed by atoms with Crippen LogP contribution in [-0.4, -0.2) is 37.6 Å². The Morgan fingerprint density at radius 2 is 1.46 bits per heavy atom. The number of halogens is 3.